The van der Waals surface area contributed by atoms with Gasteiger partial charge in [0.2, 0.25) is 12.7 Å². The number of rotatable bonds is 6. The number of carbonyl (C=O) groups is 1. The van der Waals surface area contributed by atoms with E-state index in [1.165, 1.54) is 23.1 Å². The normalized spacial score (nSPS) is 12.3. The zero-order chi connectivity index (χ0) is 22.1. The fourth-order valence-electron chi connectivity index (χ4n) is 3.45. The Morgan fingerprint density at radius 1 is 1.19 bits per heavy atom. The van der Waals surface area contributed by atoms with Crippen molar-refractivity contribution in [1.29, 1.82) is 0 Å². The first-order chi connectivity index (χ1) is 15.6. The highest BCUT2D eigenvalue weighted by Crippen LogP contribution is 2.32. The fourth-order valence-corrected chi connectivity index (χ4v) is 5.04. The quantitative estimate of drug-likeness (QED) is 0.344. The molecule has 1 aliphatic rings. The van der Waals surface area contributed by atoms with Crippen LogP contribution in [-0.2, 0) is 11.3 Å². The zero-order valence-electron chi connectivity index (χ0n) is 17.2. The van der Waals surface area contributed by atoms with Crippen molar-refractivity contribution in [3.8, 4) is 17.2 Å². The Morgan fingerprint density at radius 2 is 2.03 bits per heavy atom. The molecule has 0 unspecified atom stereocenters. The molecule has 32 heavy (non-hydrogen) atoms. The number of ether oxygens (including phenoxy) is 2. The molecule has 1 N–H and O–H groups in total. The van der Waals surface area contributed by atoms with Gasteiger partial charge in [-0.1, -0.05) is 36.0 Å². The summed E-state index contributed by atoms with van der Waals surface area (Å²) in [6.45, 7) is 2.54. The molecule has 0 saturated heterocycles. The summed E-state index contributed by atoms with van der Waals surface area (Å²) in [4.78, 5) is 30.4. The topological polar surface area (TPSA) is 82.5 Å². The molecule has 0 spiro atoms. The highest BCUT2D eigenvalue weighted by molar-refractivity contribution is 7.99. The number of hydrogen-bond acceptors (Lipinski definition) is 7. The Bertz CT molecular complexity index is 1380. The second-order valence-electron chi connectivity index (χ2n) is 7.21. The number of fused-ring (bicyclic) bond motifs is 2. The molecule has 0 fully saturated rings. The van der Waals surface area contributed by atoms with E-state index in [4.69, 9.17) is 9.47 Å². The van der Waals surface area contributed by atoms with Gasteiger partial charge in [-0.2, -0.15) is 0 Å². The second kappa shape index (κ2) is 8.68. The van der Waals surface area contributed by atoms with Crippen molar-refractivity contribution >= 4 is 39.2 Å². The molecule has 4 aromatic rings. The fraction of sp³-hybridized carbons (Fsp3) is 0.174. The van der Waals surface area contributed by atoms with E-state index in [9.17, 15) is 9.59 Å². The molecule has 1 amide bonds. The van der Waals surface area contributed by atoms with E-state index >= 15 is 0 Å². The van der Waals surface area contributed by atoms with Crippen LogP contribution in [0.2, 0.25) is 0 Å². The summed E-state index contributed by atoms with van der Waals surface area (Å²) in [5, 5.41) is 5.26. The molecule has 5 rings (SSSR count). The van der Waals surface area contributed by atoms with Crippen LogP contribution in [-0.4, -0.2) is 28.0 Å². The highest BCUT2D eigenvalue weighted by Gasteiger charge is 2.17. The number of hydrogen-bond donors (Lipinski definition) is 1. The highest BCUT2D eigenvalue weighted by atomic mass is 32.2. The largest absolute Gasteiger partial charge is 0.454 e. The minimum absolute atomic E-state index is 0.123. The molecule has 1 aliphatic heterocycles. The lowest BCUT2D eigenvalue weighted by Crippen LogP contribution is -2.26. The molecule has 7 nitrogen and oxygen atoms in total. The first kappa shape index (κ1) is 20.6. The third-order valence-corrected chi connectivity index (χ3v) is 6.89. The molecular formula is C23H19N3O4S2. The Hall–Kier alpha value is -3.30. The maximum atomic E-state index is 13.2. The molecule has 162 valence electrons. The first-order valence-electron chi connectivity index (χ1n) is 9.94. The van der Waals surface area contributed by atoms with E-state index in [2.05, 4.69) is 10.3 Å². The average molecular weight is 466 g/mol. The van der Waals surface area contributed by atoms with Crippen molar-refractivity contribution in [2.24, 2.45) is 0 Å². The summed E-state index contributed by atoms with van der Waals surface area (Å²) in [7, 11) is 0. The number of amides is 1. The first-order valence-corrected chi connectivity index (χ1v) is 11.8. The van der Waals surface area contributed by atoms with Crippen LogP contribution < -0.4 is 20.3 Å². The SMILES string of the molecule is Cc1ccccc1-n1c(SCC(=O)NCc2ccc3c(c2)OCO3)nc2ccsc2c1=O. The molecule has 0 atom stereocenters. The van der Waals surface area contributed by atoms with Gasteiger partial charge in [0.05, 0.1) is 17.0 Å². The number of thiophene rings is 1. The molecular weight excluding hydrogens is 446 g/mol. The summed E-state index contributed by atoms with van der Waals surface area (Å²) in [6.07, 6.45) is 0. The van der Waals surface area contributed by atoms with Gasteiger partial charge in [-0.05, 0) is 47.7 Å². The standard InChI is InChI=1S/C23H19N3O4S2/c1-14-4-2-3-5-17(14)26-22(28)21-16(8-9-31-21)25-23(26)32-12-20(27)24-11-15-6-7-18-19(10-15)30-13-29-18/h2-10H,11-13H2,1H3,(H,24,27). The monoisotopic (exact) mass is 465 g/mol. The van der Waals surface area contributed by atoms with Gasteiger partial charge >= 0.3 is 0 Å². The molecule has 2 aromatic carbocycles. The maximum absolute atomic E-state index is 13.2. The number of thioether (sulfide) groups is 1. The van der Waals surface area contributed by atoms with Gasteiger partial charge in [-0.25, -0.2) is 4.98 Å². The molecule has 2 aromatic heterocycles. The van der Waals surface area contributed by atoms with Gasteiger partial charge in [0.1, 0.15) is 4.70 Å². The van der Waals surface area contributed by atoms with E-state index in [0.29, 0.717) is 33.4 Å². The minimum Gasteiger partial charge on any atom is -0.454 e. The van der Waals surface area contributed by atoms with Gasteiger partial charge in [-0.15, -0.1) is 11.3 Å². The minimum atomic E-state index is -0.149. The summed E-state index contributed by atoms with van der Waals surface area (Å²) >= 11 is 2.62. The maximum Gasteiger partial charge on any atom is 0.276 e. The Morgan fingerprint density at radius 3 is 2.91 bits per heavy atom. The van der Waals surface area contributed by atoms with Crippen LogP contribution in [0.25, 0.3) is 15.9 Å². The Balaban J connectivity index is 1.34. The van der Waals surface area contributed by atoms with Crippen molar-refractivity contribution in [2.75, 3.05) is 12.5 Å². The van der Waals surface area contributed by atoms with Crippen molar-refractivity contribution < 1.29 is 14.3 Å². The van der Waals surface area contributed by atoms with E-state index < -0.39 is 0 Å². The van der Waals surface area contributed by atoms with Gasteiger partial charge in [0, 0.05) is 6.54 Å². The van der Waals surface area contributed by atoms with E-state index in [0.717, 1.165) is 16.8 Å². The number of aryl methyl sites for hydroxylation is 1. The van der Waals surface area contributed by atoms with Crippen LogP contribution in [0, 0.1) is 6.92 Å². The molecule has 0 saturated carbocycles. The predicted molar refractivity (Wildman–Crippen MR) is 125 cm³/mol. The molecule has 0 bridgehead atoms. The van der Waals surface area contributed by atoms with E-state index in [-0.39, 0.29) is 24.0 Å². The third kappa shape index (κ3) is 3.96. The number of nitrogens with zero attached hydrogens (tertiary/aromatic N) is 2. The predicted octanol–water partition coefficient (Wildman–Crippen LogP) is 3.89. The van der Waals surface area contributed by atoms with Gasteiger partial charge in [0.25, 0.3) is 5.56 Å². The lowest BCUT2D eigenvalue weighted by atomic mass is 10.2. The number of para-hydroxylation sites is 1. The smallest absolute Gasteiger partial charge is 0.276 e. The number of nitrogens with one attached hydrogen (secondary N) is 1. The van der Waals surface area contributed by atoms with Gasteiger partial charge in [-0.3, -0.25) is 14.2 Å². The van der Waals surface area contributed by atoms with Crippen molar-refractivity contribution in [1.82, 2.24) is 14.9 Å². The summed E-state index contributed by atoms with van der Waals surface area (Å²) in [5.41, 5.74) is 3.17. The molecule has 3 heterocycles. The van der Waals surface area contributed by atoms with Crippen LogP contribution in [0.1, 0.15) is 11.1 Å². The second-order valence-corrected chi connectivity index (χ2v) is 9.07. The summed E-state index contributed by atoms with van der Waals surface area (Å²) in [6, 6.07) is 15.1. The average Bonchev–Trinajstić information content (AvgIpc) is 3.46. The van der Waals surface area contributed by atoms with Crippen LogP contribution >= 0.6 is 23.1 Å². The van der Waals surface area contributed by atoms with Crippen LogP contribution in [0.5, 0.6) is 11.5 Å². The third-order valence-electron chi connectivity index (χ3n) is 5.06. The van der Waals surface area contributed by atoms with E-state index in [1.807, 2.05) is 60.8 Å². The Kier molecular flexibility index (Phi) is 5.59. The van der Waals surface area contributed by atoms with Crippen molar-refractivity contribution in [3.05, 3.63) is 75.4 Å². The van der Waals surface area contributed by atoms with Gasteiger partial charge in [0.15, 0.2) is 16.7 Å². The number of carbonyl (C=O) groups excluding carboxylic acids is 1. The number of benzene rings is 2. The molecule has 0 aliphatic carbocycles. The molecule has 0 radical (unpaired) electrons. The van der Waals surface area contributed by atoms with E-state index in [1.54, 1.807) is 4.57 Å². The summed E-state index contributed by atoms with van der Waals surface area (Å²) in [5.74, 6) is 1.38. The zero-order valence-corrected chi connectivity index (χ0v) is 18.8. The van der Waals surface area contributed by atoms with Crippen LogP contribution in [0.15, 0.2) is 63.9 Å². The lowest BCUT2D eigenvalue weighted by molar-refractivity contribution is -0.118. The molecule has 9 heteroatoms. The number of aromatic nitrogens is 2. The summed E-state index contributed by atoms with van der Waals surface area (Å²) < 4.78 is 12.9. The lowest BCUT2D eigenvalue weighted by Gasteiger charge is -2.14. The van der Waals surface area contributed by atoms with Gasteiger partial charge < -0.3 is 14.8 Å². The van der Waals surface area contributed by atoms with Crippen LogP contribution in [0.4, 0.5) is 0 Å². The van der Waals surface area contributed by atoms with Crippen molar-refractivity contribution in [2.45, 2.75) is 18.6 Å². The van der Waals surface area contributed by atoms with Crippen LogP contribution in [0.3, 0.4) is 0 Å². The Labute approximate surface area is 192 Å². The van der Waals surface area contributed by atoms with Crippen molar-refractivity contribution in [3.63, 3.8) is 0 Å².